The van der Waals surface area contributed by atoms with E-state index in [1.165, 1.54) is 12.1 Å². The van der Waals surface area contributed by atoms with Gasteiger partial charge in [-0.1, -0.05) is 23.8 Å². The quantitative estimate of drug-likeness (QED) is 0.305. The third-order valence-corrected chi connectivity index (χ3v) is 10.3. The average molecular weight is 585 g/mol. The predicted octanol–water partition coefficient (Wildman–Crippen LogP) is 4.79. The molecule has 0 radical (unpaired) electrons. The SMILES string of the molecule is C/C=C/CNC(=O)C[C@]1(O)C2CCC1C[C@@H](S(=O)(=O)c1cc(C(=O)Nc3cc(F)c(F)c(F)c3)ccc1Cl)C2. The lowest BCUT2D eigenvalue weighted by Crippen LogP contribution is -2.50. The summed E-state index contributed by atoms with van der Waals surface area (Å²) in [4.78, 5) is 24.8. The fraction of sp³-hybridized carbons (Fsp3) is 0.407. The number of hydrogen-bond donors (Lipinski definition) is 3. The Morgan fingerprint density at radius 3 is 2.31 bits per heavy atom. The highest BCUT2D eigenvalue weighted by molar-refractivity contribution is 7.92. The van der Waals surface area contributed by atoms with Crippen LogP contribution in [-0.2, 0) is 14.6 Å². The Labute approximate surface area is 229 Å². The van der Waals surface area contributed by atoms with Crippen molar-refractivity contribution in [1.29, 1.82) is 0 Å². The number of benzene rings is 2. The maximum absolute atomic E-state index is 13.7. The van der Waals surface area contributed by atoms with Gasteiger partial charge in [-0.2, -0.15) is 0 Å². The molecule has 2 bridgehead atoms. The molecule has 39 heavy (non-hydrogen) atoms. The summed E-state index contributed by atoms with van der Waals surface area (Å²) in [6, 6.07) is 4.77. The van der Waals surface area contributed by atoms with Crippen molar-refractivity contribution in [2.24, 2.45) is 11.8 Å². The lowest BCUT2D eigenvalue weighted by Gasteiger charge is -2.42. The monoisotopic (exact) mass is 584 g/mol. The number of halogens is 4. The number of carbonyl (C=O) groups excluding carboxylic acids is 2. The summed E-state index contributed by atoms with van der Waals surface area (Å²) in [6.07, 6.45) is 4.85. The predicted molar refractivity (Wildman–Crippen MR) is 140 cm³/mol. The Kier molecular flexibility index (Phi) is 8.44. The number of amides is 2. The first-order valence-electron chi connectivity index (χ1n) is 12.5. The number of nitrogens with one attached hydrogen (secondary N) is 2. The summed E-state index contributed by atoms with van der Waals surface area (Å²) in [6.45, 7) is 2.16. The second-order valence-corrected chi connectivity index (χ2v) is 12.6. The van der Waals surface area contributed by atoms with Gasteiger partial charge in [0, 0.05) is 29.9 Å². The highest BCUT2D eigenvalue weighted by Crippen LogP contribution is 2.53. The van der Waals surface area contributed by atoms with Crippen molar-refractivity contribution in [1.82, 2.24) is 5.32 Å². The van der Waals surface area contributed by atoms with Crippen LogP contribution in [0.2, 0.25) is 5.02 Å². The van der Waals surface area contributed by atoms with E-state index in [0.717, 1.165) is 6.07 Å². The molecule has 2 aromatic carbocycles. The molecule has 12 heteroatoms. The lowest BCUT2D eigenvalue weighted by atomic mass is 9.72. The summed E-state index contributed by atoms with van der Waals surface area (Å²) in [5.41, 5.74) is -1.80. The molecule has 7 nitrogen and oxygen atoms in total. The van der Waals surface area contributed by atoms with Crippen molar-refractivity contribution in [3.05, 3.63) is 70.5 Å². The zero-order valence-corrected chi connectivity index (χ0v) is 22.6. The van der Waals surface area contributed by atoms with Crippen molar-refractivity contribution >= 4 is 38.9 Å². The van der Waals surface area contributed by atoms with Gasteiger partial charge in [0.1, 0.15) is 0 Å². The third kappa shape index (κ3) is 5.85. The minimum absolute atomic E-state index is 0.109. The van der Waals surface area contributed by atoms with Crippen LogP contribution in [0.3, 0.4) is 0 Å². The summed E-state index contributed by atoms with van der Waals surface area (Å²) < 4.78 is 67.6. The Bertz CT molecular complexity index is 1400. The minimum Gasteiger partial charge on any atom is -0.389 e. The van der Waals surface area contributed by atoms with Gasteiger partial charge >= 0.3 is 0 Å². The van der Waals surface area contributed by atoms with E-state index >= 15 is 0 Å². The Morgan fingerprint density at radius 2 is 1.72 bits per heavy atom. The molecule has 2 atom stereocenters. The van der Waals surface area contributed by atoms with E-state index in [0.29, 0.717) is 31.5 Å². The molecule has 0 aliphatic heterocycles. The first kappa shape index (κ1) is 29.1. The zero-order valence-electron chi connectivity index (χ0n) is 21.0. The van der Waals surface area contributed by atoms with E-state index in [4.69, 9.17) is 11.6 Å². The van der Waals surface area contributed by atoms with Crippen LogP contribution in [0, 0.1) is 29.3 Å². The van der Waals surface area contributed by atoms with Gasteiger partial charge in [0.15, 0.2) is 27.3 Å². The molecule has 2 aliphatic carbocycles. The summed E-state index contributed by atoms with van der Waals surface area (Å²) in [5, 5.41) is 15.3. The molecule has 210 valence electrons. The van der Waals surface area contributed by atoms with E-state index in [1.807, 2.05) is 6.92 Å². The minimum atomic E-state index is -4.07. The largest absolute Gasteiger partial charge is 0.389 e. The second-order valence-electron chi connectivity index (χ2n) is 10.0. The van der Waals surface area contributed by atoms with Crippen molar-refractivity contribution in [2.45, 2.75) is 54.8 Å². The van der Waals surface area contributed by atoms with Crippen LogP contribution in [0.5, 0.6) is 0 Å². The Balaban J connectivity index is 1.52. The third-order valence-electron chi connectivity index (χ3n) is 7.65. The van der Waals surface area contributed by atoms with E-state index in [2.05, 4.69) is 10.6 Å². The van der Waals surface area contributed by atoms with Crippen LogP contribution in [0.25, 0.3) is 0 Å². The average Bonchev–Trinajstić information content (AvgIpc) is 3.03. The normalized spacial score (nSPS) is 24.6. The molecular formula is C27H28ClF3N2O5S. The van der Waals surface area contributed by atoms with Crippen LogP contribution in [-0.4, -0.2) is 42.7 Å². The summed E-state index contributed by atoms with van der Waals surface area (Å²) in [7, 11) is -4.07. The molecule has 0 heterocycles. The Hall–Kier alpha value is -2.89. The summed E-state index contributed by atoms with van der Waals surface area (Å²) >= 11 is 6.24. The van der Waals surface area contributed by atoms with E-state index < -0.39 is 55.9 Å². The molecule has 3 N–H and O–H groups in total. The smallest absolute Gasteiger partial charge is 0.255 e. The number of rotatable bonds is 8. The van der Waals surface area contributed by atoms with Crippen LogP contribution in [0.1, 0.15) is 49.4 Å². The van der Waals surface area contributed by atoms with E-state index in [-0.39, 0.29) is 46.3 Å². The standard InChI is InChI=1S/C27H28ClF3N2O5S/c1-2-3-8-32-24(34)14-27(36)16-5-6-17(27)11-19(10-16)39(37,38)23-9-15(4-7-20(23)28)26(35)33-18-12-21(29)25(31)22(30)13-18/h2-4,7,9,12-13,16-17,19,36H,5-6,8,10-11,14H2,1H3,(H,32,34)(H,33,35)/b3-2+/t16?,17?,19-,27-. The van der Waals surface area contributed by atoms with Crippen molar-refractivity contribution < 1.29 is 36.3 Å². The molecule has 2 saturated carbocycles. The number of sulfone groups is 1. The molecule has 2 unspecified atom stereocenters. The van der Waals surface area contributed by atoms with Gasteiger partial charge in [-0.3, -0.25) is 9.59 Å². The topological polar surface area (TPSA) is 113 Å². The molecule has 4 rings (SSSR count). The Morgan fingerprint density at radius 1 is 1.10 bits per heavy atom. The molecule has 0 saturated heterocycles. The number of fused-ring (bicyclic) bond motifs is 2. The first-order valence-corrected chi connectivity index (χ1v) is 14.4. The number of carbonyl (C=O) groups is 2. The van der Waals surface area contributed by atoms with Crippen LogP contribution < -0.4 is 10.6 Å². The van der Waals surface area contributed by atoms with Gasteiger partial charge < -0.3 is 15.7 Å². The molecule has 2 amide bonds. The molecule has 2 aliphatic rings. The molecule has 0 spiro atoms. The van der Waals surface area contributed by atoms with Gasteiger partial charge in [-0.25, -0.2) is 21.6 Å². The fourth-order valence-electron chi connectivity index (χ4n) is 5.64. The van der Waals surface area contributed by atoms with Gasteiger partial charge in [0.2, 0.25) is 5.91 Å². The zero-order chi connectivity index (χ0) is 28.5. The number of aliphatic hydroxyl groups is 1. The number of hydrogen-bond acceptors (Lipinski definition) is 5. The second kappa shape index (κ2) is 11.3. The molecular weight excluding hydrogens is 557 g/mol. The maximum Gasteiger partial charge on any atom is 0.255 e. The molecule has 0 aromatic heterocycles. The molecule has 2 aromatic rings. The van der Waals surface area contributed by atoms with Gasteiger partial charge in [-0.15, -0.1) is 0 Å². The van der Waals surface area contributed by atoms with Gasteiger partial charge in [0.25, 0.3) is 5.91 Å². The van der Waals surface area contributed by atoms with Crippen molar-refractivity contribution in [3.8, 4) is 0 Å². The number of anilines is 1. The highest BCUT2D eigenvalue weighted by Gasteiger charge is 2.56. The van der Waals surface area contributed by atoms with Gasteiger partial charge in [0.05, 0.1) is 27.2 Å². The summed E-state index contributed by atoms with van der Waals surface area (Å²) in [5.74, 6) is -6.67. The van der Waals surface area contributed by atoms with Crippen LogP contribution >= 0.6 is 11.6 Å². The van der Waals surface area contributed by atoms with Crippen LogP contribution in [0.15, 0.2) is 47.4 Å². The van der Waals surface area contributed by atoms with Crippen molar-refractivity contribution in [3.63, 3.8) is 0 Å². The maximum atomic E-state index is 13.7. The van der Waals surface area contributed by atoms with Crippen molar-refractivity contribution in [2.75, 3.05) is 11.9 Å². The van der Waals surface area contributed by atoms with Gasteiger partial charge in [-0.05, 0) is 62.6 Å². The van der Waals surface area contributed by atoms with E-state index in [1.54, 1.807) is 12.2 Å². The fourth-order valence-corrected chi connectivity index (χ4v) is 8.04. The highest BCUT2D eigenvalue weighted by atomic mass is 35.5. The first-order chi connectivity index (χ1) is 18.4. The lowest BCUT2D eigenvalue weighted by molar-refractivity contribution is -0.132. The van der Waals surface area contributed by atoms with Crippen LogP contribution in [0.4, 0.5) is 18.9 Å². The number of allylic oxidation sites excluding steroid dienone is 1. The molecule has 2 fully saturated rings. The van der Waals surface area contributed by atoms with E-state index in [9.17, 15) is 36.3 Å².